The first-order valence-corrected chi connectivity index (χ1v) is 8.10. The Morgan fingerprint density at radius 3 is 2.47 bits per heavy atom. The molecular weight excluding hydrogens is 283 g/mol. The Hall–Kier alpha value is 0.500. The van der Waals surface area contributed by atoms with Crippen LogP contribution < -0.4 is 0 Å². The molecule has 0 spiro atoms. The molecule has 112 valence electrons. The highest BCUT2D eigenvalue weighted by Gasteiger charge is 2.58. The lowest BCUT2D eigenvalue weighted by Gasteiger charge is -2.59. The van der Waals surface area contributed by atoms with Crippen molar-refractivity contribution in [3.8, 4) is 0 Å². The van der Waals surface area contributed by atoms with Gasteiger partial charge in [0.2, 0.25) is 0 Å². The predicted molar refractivity (Wildman–Crippen MR) is 79.9 cm³/mol. The third-order valence-electron chi connectivity index (χ3n) is 5.44. The zero-order chi connectivity index (χ0) is 14.3. The summed E-state index contributed by atoms with van der Waals surface area (Å²) in [7, 11) is 1.67. The van der Waals surface area contributed by atoms with Gasteiger partial charge in [-0.15, -0.1) is 23.2 Å². The fourth-order valence-corrected chi connectivity index (χ4v) is 5.39. The van der Waals surface area contributed by atoms with Crippen molar-refractivity contribution in [2.75, 3.05) is 13.9 Å². The zero-order valence-corrected chi connectivity index (χ0v) is 13.9. The van der Waals surface area contributed by atoms with Crippen LogP contribution in [-0.2, 0) is 9.47 Å². The van der Waals surface area contributed by atoms with Crippen LogP contribution in [0.1, 0.15) is 46.5 Å². The second-order valence-corrected chi connectivity index (χ2v) is 8.03. The van der Waals surface area contributed by atoms with E-state index < -0.39 is 0 Å². The highest BCUT2D eigenvalue weighted by molar-refractivity contribution is 6.30. The Morgan fingerprint density at radius 2 is 1.84 bits per heavy atom. The number of fused-ring (bicyclic) bond motifs is 1. The summed E-state index contributed by atoms with van der Waals surface area (Å²) in [4.78, 5) is 0. The summed E-state index contributed by atoms with van der Waals surface area (Å²) in [5, 5.41) is 0.0538. The minimum Gasteiger partial charge on any atom is -0.359 e. The molecule has 4 heteroatoms. The summed E-state index contributed by atoms with van der Waals surface area (Å²) in [5.41, 5.74) is 0.161. The fourth-order valence-electron chi connectivity index (χ4n) is 4.49. The van der Waals surface area contributed by atoms with E-state index in [1.165, 1.54) is 12.8 Å². The van der Waals surface area contributed by atoms with Crippen molar-refractivity contribution in [2.24, 2.45) is 16.7 Å². The first-order chi connectivity index (χ1) is 8.84. The van der Waals surface area contributed by atoms with Gasteiger partial charge in [-0.25, -0.2) is 0 Å². The molecule has 0 heterocycles. The third kappa shape index (κ3) is 2.66. The molecule has 0 unspecified atom stereocenters. The molecule has 0 saturated heterocycles. The number of hydrogen-bond acceptors (Lipinski definition) is 2. The van der Waals surface area contributed by atoms with Crippen molar-refractivity contribution in [3.05, 3.63) is 0 Å². The van der Waals surface area contributed by atoms with Gasteiger partial charge in [0.05, 0.1) is 16.9 Å². The molecule has 2 fully saturated rings. The number of rotatable bonds is 3. The van der Waals surface area contributed by atoms with Crippen LogP contribution >= 0.6 is 23.2 Å². The zero-order valence-electron chi connectivity index (χ0n) is 12.4. The number of methoxy groups -OCH3 is 1. The van der Waals surface area contributed by atoms with Crippen molar-refractivity contribution >= 4 is 23.2 Å². The minimum atomic E-state index is 0.0182. The average Bonchev–Trinajstić information content (AvgIpc) is 2.34. The fraction of sp³-hybridized carbons (Fsp3) is 1.00. The highest BCUT2D eigenvalue weighted by Crippen LogP contribution is 2.60. The van der Waals surface area contributed by atoms with Crippen LogP contribution in [-0.4, -0.2) is 30.8 Å². The smallest absolute Gasteiger partial charge is 0.146 e. The molecule has 2 rings (SSSR count). The van der Waals surface area contributed by atoms with Gasteiger partial charge in [-0.2, -0.15) is 0 Å². The van der Waals surface area contributed by atoms with Crippen LogP contribution in [0.25, 0.3) is 0 Å². The molecule has 0 aliphatic heterocycles. The summed E-state index contributed by atoms with van der Waals surface area (Å²) in [5.74, 6) is 0.563. The van der Waals surface area contributed by atoms with E-state index in [0.717, 1.165) is 12.8 Å². The second-order valence-electron chi connectivity index (χ2n) is 6.99. The largest absolute Gasteiger partial charge is 0.359 e. The van der Waals surface area contributed by atoms with Gasteiger partial charge in [0.1, 0.15) is 6.79 Å². The molecule has 2 aliphatic rings. The van der Waals surface area contributed by atoms with Gasteiger partial charge in [0, 0.05) is 7.11 Å². The summed E-state index contributed by atoms with van der Waals surface area (Å²) >= 11 is 13.1. The summed E-state index contributed by atoms with van der Waals surface area (Å²) in [6.45, 7) is 7.23. The van der Waals surface area contributed by atoms with Crippen LogP contribution in [0.5, 0.6) is 0 Å². The van der Waals surface area contributed by atoms with Gasteiger partial charge in [-0.1, -0.05) is 27.2 Å². The molecule has 0 radical (unpaired) electrons. The lowest BCUT2D eigenvalue weighted by Crippen LogP contribution is -2.59. The molecule has 2 nitrogen and oxygen atoms in total. The van der Waals surface area contributed by atoms with E-state index in [-0.39, 0.29) is 27.7 Å². The standard InChI is InChI=1S/C15H26Cl2O2/c1-14(2)11-6-5-7-12(19-9-18-4)15(11,3)8-10(16)13(14)17/h10-13H,5-9H2,1-4H3/t10-,11+,12+,13+,15+/m1/s1. The van der Waals surface area contributed by atoms with Crippen molar-refractivity contribution in [1.29, 1.82) is 0 Å². The summed E-state index contributed by atoms with van der Waals surface area (Å²) in [6.07, 6.45) is 4.70. The van der Waals surface area contributed by atoms with Crippen LogP contribution in [0.3, 0.4) is 0 Å². The molecule has 2 aliphatic carbocycles. The quantitative estimate of drug-likeness (QED) is 0.567. The topological polar surface area (TPSA) is 18.5 Å². The maximum atomic E-state index is 6.60. The van der Waals surface area contributed by atoms with Gasteiger partial charge < -0.3 is 9.47 Å². The lowest BCUT2D eigenvalue weighted by atomic mass is 9.50. The maximum absolute atomic E-state index is 6.60. The molecule has 0 amide bonds. The molecule has 0 aromatic rings. The maximum Gasteiger partial charge on any atom is 0.146 e. The minimum absolute atomic E-state index is 0.0182. The van der Waals surface area contributed by atoms with Crippen LogP contribution in [0.15, 0.2) is 0 Å². The molecule has 0 bridgehead atoms. The Kier molecular flexibility index (Phi) is 4.77. The average molecular weight is 309 g/mol. The van der Waals surface area contributed by atoms with E-state index in [9.17, 15) is 0 Å². The Balaban J connectivity index is 2.26. The first kappa shape index (κ1) is 15.9. The number of halogens is 2. The SMILES string of the molecule is COCO[C@H]1CCC[C@H]2C(C)(C)[C@@H](Cl)[C@H](Cl)C[C@]12C. The van der Waals surface area contributed by atoms with Crippen molar-refractivity contribution in [2.45, 2.75) is 63.3 Å². The second kappa shape index (κ2) is 5.71. The van der Waals surface area contributed by atoms with E-state index >= 15 is 0 Å². The molecule has 0 N–H and O–H groups in total. The molecular formula is C15H26Cl2O2. The number of alkyl halides is 2. The Morgan fingerprint density at radius 1 is 1.16 bits per heavy atom. The van der Waals surface area contributed by atoms with Gasteiger partial charge in [0.15, 0.2) is 0 Å². The van der Waals surface area contributed by atoms with E-state index in [2.05, 4.69) is 20.8 Å². The van der Waals surface area contributed by atoms with Crippen LogP contribution in [0.4, 0.5) is 0 Å². The van der Waals surface area contributed by atoms with Crippen LogP contribution in [0, 0.1) is 16.7 Å². The number of ether oxygens (including phenoxy) is 2. The lowest BCUT2D eigenvalue weighted by molar-refractivity contribution is -0.174. The van der Waals surface area contributed by atoms with Crippen molar-refractivity contribution in [1.82, 2.24) is 0 Å². The molecule has 0 aromatic carbocycles. The van der Waals surface area contributed by atoms with Gasteiger partial charge in [0.25, 0.3) is 0 Å². The first-order valence-electron chi connectivity index (χ1n) is 7.22. The molecule has 5 atom stereocenters. The monoisotopic (exact) mass is 308 g/mol. The predicted octanol–water partition coefficient (Wildman–Crippen LogP) is 4.43. The van der Waals surface area contributed by atoms with E-state index in [4.69, 9.17) is 32.7 Å². The third-order valence-corrected chi connectivity index (χ3v) is 6.84. The number of hydrogen-bond donors (Lipinski definition) is 0. The Labute approximate surface area is 127 Å². The summed E-state index contributed by atoms with van der Waals surface area (Å²) in [6, 6.07) is 0. The van der Waals surface area contributed by atoms with Crippen molar-refractivity contribution < 1.29 is 9.47 Å². The highest BCUT2D eigenvalue weighted by atomic mass is 35.5. The van der Waals surface area contributed by atoms with Crippen LogP contribution in [0.2, 0.25) is 0 Å². The molecule has 19 heavy (non-hydrogen) atoms. The van der Waals surface area contributed by atoms with E-state index in [0.29, 0.717) is 12.7 Å². The normalized spacial score (nSPS) is 45.8. The van der Waals surface area contributed by atoms with E-state index in [1.54, 1.807) is 7.11 Å². The summed E-state index contributed by atoms with van der Waals surface area (Å²) < 4.78 is 11.0. The van der Waals surface area contributed by atoms with Gasteiger partial charge in [-0.05, 0) is 36.0 Å². The van der Waals surface area contributed by atoms with E-state index in [1.807, 2.05) is 0 Å². The molecule has 0 aromatic heterocycles. The van der Waals surface area contributed by atoms with Crippen molar-refractivity contribution in [3.63, 3.8) is 0 Å². The van der Waals surface area contributed by atoms with Gasteiger partial charge in [-0.3, -0.25) is 0 Å². The van der Waals surface area contributed by atoms with Gasteiger partial charge >= 0.3 is 0 Å². The Bertz CT molecular complexity index is 321. The molecule has 2 saturated carbocycles.